The highest BCUT2D eigenvalue weighted by molar-refractivity contribution is 9.08. The molecule has 0 saturated carbocycles. The van der Waals surface area contributed by atoms with Crippen molar-refractivity contribution < 1.29 is 8.42 Å². The molecule has 1 atom stereocenters. The predicted molar refractivity (Wildman–Crippen MR) is 89.1 cm³/mol. The number of halogens is 1. The first kappa shape index (κ1) is 16.9. The zero-order chi connectivity index (χ0) is 15.5. The molecule has 0 radical (unpaired) electrons. The van der Waals surface area contributed by atoms with Gasteiger partial charge in [-0.05, 0) is 50.4 Å². The number of nitrogens with one attached hydrogen (secondary N) is 1. The van der Waals surface area contributed by atoms with Gasteiger partial charge in [0, 0.05) is 24.5 Å². The normalized spacial score (nSPS) is 20.3. The SMILES string of the molecule is CC(C)N1CCC(CNS(=O)(=O)c2ccc(CBr)cc2)C1. The van der Waals surface area contributed by atoms with Crippen molar-refractivity contribution in [2.45, 2.75) is 36.5 Å². The predicted octanol–water partition coefficient (Wildman–Crippen LogP) is 2.59. The molecule has 1 aliphatic rings. The lowest BCUT2D eigenvalue weighted by Gasteiger charge is -2.20. The number of sulfonamides is 1. The number of hydrogen-bond donors (Lipinski definition) is 1. The van der Waals surface area contributed by atoms with Gasteiger partial charge in [0.15, 0.2) is 0 Å². The maximum absolute atomic E-state index is 12.3. The van der Waals surface area contributed by atoms with Gasteiger partial charge in [-0.2, -0.15) is 0 Å². The molecule has 118 valence electrons. The second kappa shape index (κ2) is 7.22. The van der Waals surface area contributed by atoms with Crippen molar-refractivity contribution in [3.63, 3.8) is 0 Å². The molecular weight excluding hydrogens is 352 g/mol. The molecule has 0 spiro atoms. The van der Waals surface area contributed by atoms with Crippen molar-refractivity contribution in [2.24, 2.45) is 5.92 Å². The molecule has 0 bridgehead atoms. The van der Waals surface area contributed by atoms with E-state index in [1.807, 2.05) is 12.1 Å². The minimum absolute atomic E-state index is 0.339. The van der Waals surface area contributed by atoms with Crippen LogP contribution in [0.15, 0.2) is 29.2 Å². The van der Waals surface area contributed by atoms with Crippen LogP contribution in [-0.4, -0.2) is 39.0 Å². The number of benzene rings is 1. The lowest BCUT2D eigenvalue weighted by molar-refractivity contribution is 0.265. The molecule has 1 unspecified atom stereocenters. The molecule has 1 heterocycles. The molecule has 1 aromatic rings. The Hall–Kier alpha value is -0.430. The number of rotatable bonds is 6. The van der Waals surface area contributed by atoms with E-state index in [1.54, 1.807) is 12.1 Å². The second-order valence-electron chi connectivity index (χ2n) is 5.87. The van der Waals surface area contributed by atoms with Gasteiger partial charge < -0.3 is 4.90 Å². The fourth-order valence-electron chi connectivity index (χ4n) is 2.57. The molecule has 0 amide bonds. The van der Waals surface area contributed by atoms with Crippen molar-refractivity contribution >= 4 is 26.0 Å². The summed E-state index contributed by atoms with van der Waals surface area (Å²) < 4.78 is 27.3. The van der Waals surface area contributed by atoms with Crippen molar-refractivity contribution in [3.8, 4) is 0 Å². The average molecular weight is 375 g/mol. The Morgan fingerprint density at radius 3 is 2.52 bits per heavy atom. The largest absolute Gasteiger partial charge is 0.301 e. The molecular formula is C15H23BrN2O2S. The van der Waals surface area contributed by atoms with E-state index >= 15 is 0 Å². The molecule has 0 aliphatic carbocycles. The van der Waals surface area contributed by atoms with Gasteiger partial charge >= 0.3 is 0 Å². The van der Waals surface area contributed by atoms with Gasteiger partial charge in [0.25, 0.3) is 0 Å². The number of hydrogen-bond acceptors (Lipinski definition) is 3. The van der Waals surface area contributed by atoms with Crippen LogP contribution in [0.25, 0.3) is 0 Å². The summed E-state index contributed by atoms with van der Waals surface area (Å²) in [7, 11) is -3.39. The van der Waals surface area contributed by atoms with Gasteiger partial charge in [0.2, 0.25) is 10.0 Å². The highest BCUT2D eigenvalue weighted by Crippen LogP contribution is 2.19. The lowest BCUT2D eigenvalue weighted by atomic mass is 10.1. The van der Waals surface area contributed by atoms with Gasteiger partial charge in [-0.3, -0.25) is 0 Å². The lowest BCUT2D eigenvalue weighted by Crippen LogP contribution is -2.33. The highest BCUT2D eigenvalue weighted by atomic mass is 79.9. The van der Waals surface area contributed by atoms with E-state index in [0.717, 1.165) is 30.4 Å². The highest BCUT2D eigenvalue weighted by Gasteiger charge is 2.25. The van der Waals surface area contributed by atoms with E-state index in [-0.39, 0.29) is 0 Å². The maximum atomic E-state index is 12.3. The van der Waals surface area contributed by atoms with Crippen LogP contribution >= 0.6 is 15.9 Å². The van der Waals surface area contributed by atoms with E-state index in [4.69, 9.17) is 0 Å². The number of alkyl halides is 1. The number of likely N-dealkylation sites (tertiary alicyclic amines) is 1. The molecule has 1 aromatic carbocycles. The van der Waals surface area contributed by atoms with Gasteiger partial charge in [0.05, 0.1) is 4.90 Å². The third-order valence-corrected chi connectivity index (χ3v) is 6.08. The Morgan fingerprint density at radius 2 is 2.00 bits per heavy atom. The van der Waals surface area contributed by atoms with Gasteiger partial charge in [-0.1, -0.05) is 28.1 Å². The Kier molecular flexibility index (Phi) is 5.82. The quantitative estimate of drug-likeness (QED) is 0.778. The molecule has 6 heteroatoms. The van der Waals surface area contributed by atoms with Gasteiger partial charge in [0.1, 0.15) is 0 Å². The summed E-state index contributed by atoms with van der Waals surface area (Å²) in [6, 6.07) is 7.52. The minimum atomic E-state index is -3.39. The standard InChI is InChI=1S/C15H23BrN2O2S/c1-12(2)18-8-7-14(11-18)10-17-21(19,20)15-5-3-13(9-16)4-6-15/h3-6,12,14,17H,7-11H2,1-2H3. The van der Waals surface area contributed by atoms with Crippen molar-refractivity contribution in [2.75, 3.05) is 19.6 Å². The molecule has 1 saturated heterocycles. The molecule has 1 fully saturated rings. The van der Waals surface area contributed by atoms with Gasteiger partial charge in [-0.15, -0.1) is 0 Å². The van der Waals surface area contributed by atoms with Crippen molar-refractivity contribution in [1.82, 2.24) is 9.62 Å². The topological polar surface area (TPSA) is 49.4 Å². The summed E-state index contributed by atoms with van der Waals surface area (Å²) in [5.74, 6) is 0.406. The van der Waals surface area contributed by atoms with E-state index in [0.29, 0.717) is 23.4 Å². The molecule has 2 rings (SSSR count). The zero-order valence-electron chi connectivity index (χ0n) is 12.5. The molecule has 0 aromatic heterocycles. The Morgan fingerprint density at radius 1 is 1.33 bits per heavy atom. The molecule has 1 N–H and O–H groups in total. The van der Waals surface area contributed by atoms with Crippen molar-refractivity contribution in [1.29, 1.82) is 0 Å². The van der Waals surface area contributed by atoms with Crippen LogP contribution in [0.1, 0.15) is 25.8 Å². The van der Waals surface area contributed by atoms with E-state index in [1.165, 1.54) is 0 Å². The van der Waals surface area contributed by atoms with Crippen molar-refractivity contribution in [3.05, 3.63) is 29.8 Å². The smallest absolute Gasteiger partial charge is 0.240 e. The summed E-state index contributed by atoms with van der Waals surface area (Å²) in [5.41, 5.74) is 1.07. The summed E-state index contributed by atoms with van der Waals surface area (Å²) in [5, 5.41) is 0.730. The first-order chi connectivity index (χ1) is 9.92. The zero-order valence-corrected chi connectivity index (χ0v) is 15.0. The Bertz CT molecular complexity index is 558. The van der Waals surface area contributed by atoms with Crippen LogP contribution in [0, 0.1) is 5.92 Å². The first-order valence-electron chi connectivity index (χ1n) is 7.31. The Balaban J connectivity index is 1.92. The second-order valence-corrected chi connectivity index (χ2v) is 8.20. The van der Waals surface area contributed by atoms with E-state index in [2.05, 4.69) is 39.4 Å². The van der Waals surface area contributed by atoms with Crippen LogP contribution in [0.3, 0.4) is 0 Å². The van der Waals surface area contributed by atoms with E-state index in [9.17, 15) is 8.42 Å². The third-order valence-electron chi connectivity index (χ3n) is 4.00. The average Bonchev–Trinajstić information content (AvgIpc) is 2.94. The molecule has 4 nitrogen and oxygen atoms in total. The first-order valence-corrected chi connectivity index (χ1v) is 9.91. The van der Waals surface area contributed by atoms with Crippen LogP contribution in [0.2, 0.25) is 0 Å². The maximum Gasteiger partial charge on any atom is 0.240 e. The van der Waals surface area contributed by atoms with E-state index < -0.39 is 10.0 Å². The summed E-state index contributed by atoms with van der Waals surface area (Å²) in [4.78, 5) is 2.73. The number of nitrogens with zero attached hydrogens (tertiary/aromatic N) is 1. The van der Waals surface area contributed by atoms with Crippen LogP contribution < -0.4 is 4.72 Å². The summed E-state index contributed by atoms with van der Waals surface area (Å²) in [6.45, 7) is 6.91. The van der Waals surface area contributed by atoms with Crippen LogP contribution in [-0.2, 0) is 15.4 Å². The summed E-state index contributed by atoms with van der Waals surface area (Å²) >= 11 is 3.36. The Labute approximate surface area is 136 Å². The monoisotopic (exact) mass is 374 g/mol. The minimum Gasteiger partial charge on any atom is -0.301 e. The molecule has 1 aliphatic heterocycles. The van der Waals surface area contributed by atoms with Crippen LogP contribution in [0.5, 0.6) is 0 Å². The summed E-state index contributed by atoms with van der Waals surface area (Å²) in [6.07, 6.45) is 1.06. The fraction of sp³-hybridized carbons (Fsp3) is 0.600. The van der Waals surface area contributed by atoms with Crippen LogP contribution in [0.4, 0.5) is 0 Å². The molecule has 21 heavy (non-hydrogen) atoms. The van der Waals surface area contributed by atoms with Gasteiger partial charge in [-0.25, -0.2) is 13.1 Å². The third kappa shape index (κ3) is 4.52. The fourth-order valence-corrected chi connectivity index (χ4v) is 4.06.